The topological polar surface area (TPSA) is 56.5 Å². The molecular formula is C15H22Cl2N2O2. The maximum absolute atomic E-state index is 6.15. The number of rotatable bonds is 7. The zero-order valence-electron chi connectivity index (χ0n) is 12.0. The van der Waals surface area contributed by atoms with Crippen LogP contribution in [0.2, 0.25) is 5.02 Å². The van der Waals surface area contributed by atoms with Crippen molar-refractivity contribution < 1.29 is 9.47 Å². The zero-order valence-corrected chi connectivity index (χ0v) is 13.6. The van der Waals surface area contributed by atoms with Gasteiger partial charge in [0.05, 0.1) is 23.0 Å². The Balaban J connectivity index is 1.95. The molecule has 2 rings (SSSR count). The molecule has 1 aliphatic heterocycles. The first kappa shape index (κ1) is 16.5. The predicted molar refractivity (Wildman–Crippen MR) is 88.7 cm³/mol. The van der Waals surface area contributed by atoms with Gasteiger partial charge in [0.1, 0.15) is 5.75 Å². The number of nitrogens with one attached hydrogen (secondary N) is 1. The maximum Gasteiger partial charge on any atom is 0.140 e. The quantitative estimate of drug-likeness (QED) is 0.453. The standard InChI is InChI=1S/C15H22Cl2N2O2/c16-4-1-5-21-15-9-14(13(18)8-12(15)17)19-10-11-2-6-20-7-3-11/h8-9,11,19H,1-7,10,18H2. The van der Waals surface area contributed by atoms with Crippen LogP contribution in [0.3, 0.4) is 0 Å². The molecule has 0 atom stereocenters. The van der Waals surface area contributed by atoms with Crippen LogP contribution in [0, 0.1) is 5.92 Å². The third kappa shape index (κ3) is 5.13. The summed E-state index contributed by atoms with van der Waals surface area (Å²) in [6.45, 7) is 3.12. The second-order valence-electron chi connectivity index (χ2n) is 5.20. The van der Waals surface area contributed by atoms with Gasteiger partial charge in [-0.2, -0.15) is 0 Å². The Labute approximate surface area is 135 Å². The molecule has 6 heteroatoms. The summed E-state index contributed by atoms with van der Waals surface area (Å²) in [7, 11) is 0. The van der Waals surface area contributed by atoms with E-state index in [-0.39, 0.29) is 0 Å². The molecule has 3 N–H and O–H groups in total. The summed E-state index contributed by atoms with van der Waals surface area (Å²) in [6.07, 6.45) is 2.95. The van der Waals surface area contributed by atoms with E-state index in [1.807, 2.05) is 6.07 Å². The highest BCUT2D eigenvalue weighted by Crippen LogP contribution is 2.33. The van der Waals surface area contributed by atoms with Gasteiger partial charge in [0.2, 0.25) is 0 Å². The molecule has 0 aromatic heterocycles. The highest BCUT2D eigenvalue weighted by Gasteiger charge is 2.14. The van der Waals surface area contributed by atoms with Crippen molar-refractivity contribution in [2.45, 2.75) is 19.3 Å². The van der Waals surface area contributed by atoms with Gasteiger partial charge in [-0.1, -0.05) is 11.6 Å². The van der Waals surface area contributed by atoms with E-state index in [4.69, 9.17) is 38.4 Å². The molecular weight excluding hydrogens is 311 g/mol. The van der Waals surface area contributed by atoms with E-state index in [1.54, 1.807) is 6.07 Å². The Morgan fingerprint density at radius 3 is 2.81 bits per heavy atom. The summed E-state index contributed by atoms with van der Waals surface area (Å²) in [5, 5.41) is 3.92. The minimum atomic E-state index is 0.527. The van der Waals surface area contributed by atoms with Gasteiger partial charge in [-0.05, 0) is 31.2 Å². The molecule has 0 spiro atoms. The molecule has 0 unspecified atom stereocenters. The number of nitrogens with two attached hydrogens (primary N) is 1. The molecule has 0 bridgehead atoms. The molecule has 1 aliphatic rings. The van der Waals surface area contributed by atoms with E-state index in [9.17, 15) is 0 Å². The number of hydrogen-bond acceptors (Lipinski definition) is 4. The second kappa shape index (κ2) is 8.57. The van der Waals surface area contributed by atoms with Gasteiger partial charge in [0.15, 0.2) is 0 Å². The van der Waals surface area contributed by atoms with Crippen molar-refractivity contribution in [3.8, 4) is 5.75 Å². The van der Waals surface area contributed by atoms with Crippen LogP contribution in [0.1, 0.15) is 19.3 Å². The Hall–Kier alpha value is -0.840. The number of nitrogen functional groups attached to an aromatic ring is 1. The third-order valence-corrected chi connectivity index (χ3v) is 4.12. The van der Waals surface area contributed by atoms with E-state index in [0.717, 1.165) is 44.7 Å². The molecule has 0 amide bonds. The fraction of sp³-hybridized carbons (Fsp3) is 0.600. The monoisotopic (exact) mass is 332 g/mol. The third-order valence-electron chi connectivity index (χ3n) is 3.56. The van der Waals surface area contributed by atoms with Crippen LogP contribution in [0.4, 0.5) is 11.4 Å². The molecule has 0 saturated carbocycles. The average Bonchev–Trinajstić information content (AvgIpc) is 2.49. The van der Waals surface area contributed by atoms with Crippen molar-refractivity contribution in [2.75, 3.05) is 43.3 Å². The number of halogens is 2. The second-order valence-corrected chi connectivity index (χ2v) is 5.98. The van der Waals surface area contributed by atoms with Gasteiger partial charge in [-0.15, -0.1) is 11.6 Å². The van der Waals surface area contributed by atoms with Crippen LogP contribution >= 0.6 is 23.2 Å². The van der Waals surface area contributed by atoms with Crippen LogP contribution in [-0.4, -0.2) is 32.2 Å². The number of anilines is 2. The highest BCUT2D eigenvalue weighted by molar-refractivity contribution is 6.32. The van der Waals surface area contributed by atoms with Crippen molar-refractivity contribution in [1.29, 1.82) is 0 Å². The van der Waals surface area contributed by atoms with E-state index in [0.29, 0.717) is 34.9 Å². The van der Waals surface area contributed by atoms with Gasteiger partial charge < -0.3 is 20.5 Å². The van der Waals surface area contributed by atoms with E-state index >= 15 is 0 Å². The van der Waals surface area contributed by atoms with E-state index < -0.39 is 0 Å². The van der Waals surface area contributed by atoms with Crippen LogP contribution in [0.25, 0.3) is 0 Å². The van der Waals surface area contributed by atoms with Crippen LogP contribution in [0.15, 0.2) is 12.1 Å². The lowest BCUT2D eigenvalue weighted by Crippen LogP contribution is -2.22. The first-order valence-electron chi connectivity index (χ1n) is 7.30. The van der Waals surface area contributed by atoms with E-state index in [2.05, 4.69) is 5.32 Å². The summed E-state index contributed by atoms with van der Waals surface area (Å²) in [5.74, 6) is 1.83. The molecule has 0 radical (unpaired) electrons. The van der Waals surface area contributed by atoms with Crippen molar-refractivity contribution >= 4 is 34.6 Å². The SMILES string of the molecule is Nc1cc(Cl)c(OCCCCl)cc1NCC1CCOCC1. The van der Waals surface area contributed by atoms with Crippen LogP contribution in [-0.2, 0) is 4.74 Å². The lowest BCUT2D eigenvalue weighted by atomic mass is 10.0. The molecule has 118 valence electrons. The smallest absolute Gasteiger partial charge is 0.140 e. The minimum Gasteiger partial charge on any atom is -0.492 e. The Morgan fingerprint density at radius 2 is 2.10 bits per heavy atom. The van der Waals surface area contributed by atoms with Gasteiger partial charge in [-0.3, -0.25) is 0 Å². The van der Waals surface area contributed by atoms with Gasteiger partial charge in [0.25, 0.3) is 0 Å². The first-order valence-corrected chi connectivity index (χ1v) is 8.21. The van der Waals surface area contributed by atoms with Gasteiger partial charge in [0, 0.05) is 31.7 Å². The molecule has 1 aromatic carbocycles. The Bertz CT molecular complexity index is 452. The first-order chi connectivity index (χ1) is 10.2. The van der Waals surface area contributed by atoms with Crippen LogP contribution in [0.5, 0.6) is 5.75 Å². The summed E-state index contributed by atoms with van der Waals surface area (Å²) in [4.78, 5) is 0. The number of benzene rings is 1. The fourth-order valence-corrected chi connectivity index (χ4v) is 2.61. The summed E-state index contributed by atoms with van der Waals surface area (Å²) in [5.41, 5.74) is 7.52. The molecule has 1 fully saturated rings. The summed E-state index contributed by atoms with van der Waals surface area (Å²) in [6, 6.07) is 3.59. The van der Waals surface area contributed by atoms with Crippen molar-refractivity contribution in [2.24, 2.45) is 5.92 Å². The number of hydrogen-bond donors (Lipinski definition) is 2. The lowest BCUT2D eigenvalue weighted by molar-refractivity contribution is 0.0699. The predicted octanol–water partition coefficient (Wildman–Crippen LogP) is 3.77. The molecule has 1 heterocycles. The molecule has 21 heavy (non-hydrogen) atoms. The zero-order chi connectivity index (χ0) is 15.1. The summed E-state index contributed by atoms with van der Waals surface area (Å²) < 4.78 is 11.0. The van der Waals surface area contributed by atoms with Gasteiger partial charge in [-0.25, -0.2) is 0 Å². The average molecular weight is 333 g/mol. The number of alkyl halides is 1. The molecule has 1 saturated heterocycles. The highest BCUT2D eigenvalue weighted by atomic mass is 35.5. The molecule has 4 nitrogen and oxygen atoms in total. The lowest BCUT2D eigenvalue weighted by Gasteiger charge is -2.23. The van der Waals surface area contributed by atoms with Crippen molar-refractivity contribution in [3.63, 3.8) is 0 Å². The maximum atomic E-state index is 6.15. The van der Waals surface area contributed by atoms with Crippen LogP contribution < -0.4 is 15.8 Å². The fourth-order valence-electron chi connectivity index (χ4n) is 2.27. The number of ether oxygens (including phenoxy) is 2. The molecule has 1 aromatic rings. The Kier molecular flexibility index (Phi) is 6.74. The normalized spacial score (nSPS) is 15.9. The van der Waals surface area contributed by atoms with Crippen molar-refractivity contribution in [3.05, 3.63) is 17.2 Å². The molecule has 0 aliphatic carbocycles. The van der Waals surface area contributed by atoms with Gasteiger partial charge >= 0.3 is 0 Å². The van der Waals surface area contributed by atoms with Crippen molar-refractivity contribution in [1.82, 2.24) is 0 Å². The largest absolute Gasteiger partial charge is 0.492 e. The van der Waals surface area contributed by atoms with E-state index in [1.165, 1.54) is 0 Å². The Morgan fingerprint density at radius 1 is 1.33 bits per heavy atom. The minimum absolute atomic E-state index is 0.527. The summed E-state index contributed by atoms with van der Waals surface area (Å²) >= 11 is 11.8.